The van der Waals surface area contributed by atoms with Crippen molar-refractivity contribution in [3.05, 3.63) is 12.2 Å². The molecule has 0 unspecified atom stereocenters. The van der Waals surface area contributed by atoms with Crippen LogP contribution in [0.5, 0.6) is 0 Å². The second kappa shape index (κ2) is 6.34. The quantitative estimate of drug-likeness (QED) is 0.676. The van der Waals surface area contributed by atoms with E-state index in [1.165, 1.54) is 6.42 Å². The van der Waals surface area contributed by atoms with Gasteiger partial charge in [-0.1, -0.05) is 33.8 Å². The van der Waals surface area contributed by atoms with Crippen molar-refractivity contribution in [2.45, 2.75) is 84.7 Å². The van der Waals surface area contributed by atoms with E-state index < -0.39 is 0 Å². The molecule has 1 saturated heterocycles. The van der Waals surface area contributed by atoms with E-state index in [-0.39, 0.29) is 22.3 Å². The second-order valence-corrected chi connectivity index (χ2v) is 11.6. The van der Waals surface area contributed by atoms with Gasteiger partial charge in [-0.15, -0.1) is 0 Å². The average Bonchev–Trinajstić information content (AvgIpc) is 2.94. The highest BCUT2D eigenvalue weighted by Gasteiger charge is 2.60. The maximum absolute atomic E-state index is 13.1. The van der Waals surface area contributed by atoms with Gasteiger partial charge < -0.3 is 9.80 Å². The standard InChI is InChI=1S/C24H38N2O2/c1-22(2,3)15-21(28)26-14-11-18-16-7-8-19-23(4,12-10-20(27)25(19)6)17(16)9-13-24(18,26)5/h10,12,16-19H,7-9,11,13-15H2,1-6H3/t16-,17+,18+,19-,23-,24+/m1/s1. The average molecular weight is 387 g/mol. The third-order valence-electron chi connectivity index (χ3n) is 8.75. The number of carbonyl (C=O) groups is 2. The number of hydrogen-bond acceptors (Lipinski definition) is 2. The third kappa shape index (κ3) is 2.85. The largest absolute Gasteiger partial charge is 0.338 e. The highest BCUT2D eigenvalue weighted by atomic mass is 16.2. The minimum atomic E-state index is 0.0206. The summed E-state index contributed by atoms with van der Waals surface area (Å²) in [6, 6.07) is 0.329. The van der Waals surface area contributed by atoms with Crippen LogP contribution in [0.4, 0.5) is 0 Å². The number of amides is 2. The van der Waals surface area contributed by atoms with Gasteiger partial charge in [-0.2, -0.15) is 0 Å². The van der Waals surface area contributed by atoms with Crippen LogP contribution in [0.3, 0.4) is 0 Å². The second-order valence-electron chi connectivity index (χ2n) is 11.6. The monoisotopic (exact) mass is 386 g/mol. The lowest BCUT2D eigenvalue weighted by Gasteiger charge is -2.60. The highest BCUT2D eigenvalue weighted by Crippen LogP contribution is 2.60. The molecule has 0 aromatic carbocycles. The van der Waals surface area contributed by atoms with E-state index in [9.17, 15) is 9.59 Å². The summed E-state index contributed by atoms with van der Waals surface area (Å²) >= 11 is 0. The van der Waals surface area contributed by atoms with Gasteiger partial charge in [0, 0.05) is 37.0 Å². The summed E-state index contributed by atoms with van der Waals surface area (Å²) in [6.07, 6.45) is 10.4. The zero-order chi connectivity index (χ0) is 20.5. The number of fused-ring (bicyclic) bond motifs is 5. The van der Waals surface area contributed by atoms with Crippen LogP contribution < -0.4 is 0 Å². The Balaban J connectivity index is 1.59. The van der Waals surface area contributed by atoms with Crippen molar-refractivity contribution in [2.75, 3.05) is 13.6 Å². The predicted molar refractivity (Wildman–Crippen MR) is 112 cm³/mol. The molecule has 28 heavy (non-hydrogen) atoms. The van der Waals surface area contributed by atoms with Gasteiger partial charge in [0.2, 0.25) is 11.8 Å². The summed E-state index contributed by atoms with van der Waals surface area (Å²) in [5, 5.41) is 0. The molecule has 4 aliphatic rings. The van der Waals surface area contributed by atoms with E-state index in [2.05, 4.69) is 45.6 Å². The maximum atomic E-state index is 13.1. The van der Waals surface area contributed by atoms with Crippen molar-refractivity contribution in [1.82, 2.24) is 9.80 Å². The van der Waals surface area contributed by atoms with Gasteiger partial charge >= 0.3 is 0 Å². The van der Waals surface area contributed by atoms with Crippen LogP contribution >= 0.6 is 0 Å². The van der Waals surface area contributed by atoms with Crippen LogP contribution in [0.25, 0.3) is 0 Å². The summed E-state index contributed by atoms with van der Waals surface area (Å²) in [7, 11) is 1.98. The molecule has 2 aliphatic heterocycles. The summed E-state index contributed by atoms with van der Waals surface area (Å²) in [5.41, 5.74) is 0.140. The number of hydrogen-bond donors (Lipinski definition) is 0. The lowest BCUT2D eigenvalue weighted by molar-refractivity contribution is -0.146. The van der Waals surface area contributed by atoms with E-state index in [4.69, 9.17) is 0 Å². The molecule has 2 saturated carbocycles. The van der Waals surface area contributed by atoms with Crippen LogP contribution in [0.2, 0.25) is 0 Å². The fraction of sp³-hybridized carbons (Fsp3) is 0.833. The minimum absolute atomic E-state index is 0.0206. The van der Waals surface area contributed by atoms with E-state index >= 15 is 0 Å². The van der Waals surface area contributed by atoms with Crippen molar-refractivity contribution in [2.24, 2.45) is 28.6 Å². The molecule has 0 aromatic rings. The number of likely N-dealkylation sites (tertiary alicyclic amines) is 1. The maximum Gasteiger partial charge on any atom is 0.246 e. The van der Waals surface area contributed by atoms with Crippen molar-refractivity contribution < 1.29 is 9.59 Å². The zero-order valence-corrected chi connectivity index (χ0v) is 18.6. The molecule has 2 heterocycles. The first-order valence-corrected chi connectivity index (χ1v) is 11.2. The van der Waals surface area contributed by atoms with Gasteiger partial charge in [0.1, 0.15) is 0 Å². The SMILES string of the molecule is CN1C(=O)C=C[C@]2(C)[C@H]3CC[C@@]4(C)[C@@H](CCN4C(=O)CC(C)(C)C)[C@@H]3CC[C@@H]12. The van der Waals surface area contributed by atoms with Gasteiger partial charge in [0.05, 0.1) is 0 Å². The third-order valence-corrected chi connectivity index (χ3v) is 8.75. The Morgan fingerprint density at radius 1 is 1.14 bits per heavy atom. The smallest absolute Gasteiger partial charge is 0.246 e. The van der Waals surface area contributed by atoms with Crippen LogP contribution in [-0.4, -0.2) is 46.8 Å². The molecule has 4 rings (SSSR count). The van der Waals surface area contributed by atoms with E-state index in [0.717, 1.165) is 32.2 Å². The normalized spacial score (nSPS) is 42.9. The molecule has 6 atom stereocenters. The molecular weight excluding hydrogens is 348 g/mol. The molecule has 0 bridgehead atoms. The zero-order valence-electron chi connectivity index (χ0n) is 18.6. The highest BCUT2D eigenvalue weighted by molar-refractivity contribution is 5.89. The Hall–Kier alpha value is -1.32. The van der Waals surface area contributed by atoms with E-state index in [0.29, 0.717) is 36.1 Å². The number of carbonyl (C=O) groups excluding carboxylic acids is 2. The van der Waals surface area contributed by atoms with E-state index in [1.807, 2.05) is 11.9 Å². The van der Waals surface area contributed by atoms with Gasteiger partial charge in [-0.3, -0.25) is 9.59 Å². The van der Waals surface area contributed by atoms with Crippen molar-refractivity contribution in [3.8, 4) is 0 Å². The van der Waals surface area contributed by atoms with Crippen LogP contribution in [-0.2, 0) is 9.59 Å². The fourth-order valence-corrected chi connectivity index (χ4v) is 7.38. The van der Waals surface area contributed by atoms with Crippen LogP contribution in [0, 0.1) is 28.6 Å². The molecule has 0 aromatic heterocycles. The minimum Gasteiger partial charge on any atom is -0.338 e. The molecule has 3 fully saturated rings. The van der Waals surface area contributed by atoms with Crippen molar-refractivity contribution in [3.63, 3.8) is 0 Å². The lowest BCUT2D eigenvalue weighted by atomic mass is 9.49. The fourth-order valence-electron chi connectivity index (χ4n) is 7.38. The number of likely N-dealkylation sites (N-methyl/N-ethyl adjacent to an activating group) is 1. The predicted octanol–water partition coefficient (Wildman–Crippen LogP) is 4.25. The Morgan fingerprint density at radius 3 is 2.54 bits per heavy atom. The van der Waals surface area contributed by atoms with Gasteiger partial charge in [-0.05, 0) is 68.3 Å². The molecule has 0 radical (unpaired) electrons. The molecule has 156 valence electrons. The summed E-state index contributed by atoms with van der Waals surface area (Å²) < 4.78 is 0. The van der Waals surface area contributed by atoms with Gasteiger partial charge in [-0.25, -0.2) is 0 Å². The molecular formula is C24H38N2O2. The summed E-state index contributed by atoms with van der Waals surface area (Å²) in [4.78, 5) is 29.6. The molecule has 4 nitrogen and oxygen atoms in total. The van der Waals surface area contributed by atoms with Gasteiger partial charge in [0.15, 0.2) is 0 Å². The number of rotatable bonds is 1. The van der Waals surface area contributed by atoms with Crippen LogP contribution in [0.15, 0.2) is 12.2 Å². The molecule has 2 amide bonds. The molecule has 4 heteroatoms. The number of nitrogens with zero attached hydrogens (tertiary/aromatic N) is 2. The topological polar surface area (TPSA) is 40.6 Å². The Labute approximate surface area is 170 Å². The van der Waals surface area contributed by atoms with E-state index in [1.54, 1.807) is 6.08 Å². The first-order valence-electron chi connectivity index (χ1n) is 11.2. The van der Waals surface area contributed by atoms with Crippen molar-refractivity contribution >= 4 is 11.8 Å². The summed E-state index contributed by atoms with van der Waals surface area (Å²) in [6.45, 7) is 12.1. The Morgan fingerprint density at radius 2 is 1.86 bits per heavy atom. The van der Waals surface area contributed by atoms with Crippen molar-refractivity contribution in [1.29, 1.82) is 0 Å². The molecule has 0 N–H and O–H groups in total. The lowest BCUT2D eigenvalue weighted by Crippen LogP contribution is -2.62. The Bertz CT molecular complexity index is 708. The molecule has 2 aliphatic carbocycles. The van der Waals surface area contributed by atoms with Gasteiger partial charge in [0.25, 0.3) is 0 Å². The Kier molecular flexibility index (Phi) is 4.52. The van der Waals surface area contributed by atoms with Crippen LogP contribution in [0.1, 0.15) is 73.1 Å². The summed E-state index contributed by atoms with van der Waals surface area (Å²) in [5.74, 6) is 2.39. The molecule has 0 spiro atoms. The first kappa shape index (κ1) is 20.0. The first-order chi connectivity index (χ1) is 13.0.